The maximum absolute atomic E-state index is 11.8. The van der Waals surface area contributed by atoms with Gasteiger partial charge in [0, 0.05) is 12.0 Å². The van der Waals surface area contributed by atoms with E-state index in [1.165, 1.54) is 0 Å². The molecule has 1 aromatic rings. The fourth-order valence-corrected chi connectivity index (χ4v) is 1.76. The molecule has 1 amide bonds. The lowest BCUT2D eigenvalue weighted by Crippen LogP contribution is -2.38. The Balaban J connectivity index is 1.88. The average molecular weight is 234 g/mol. The zero-order valence-electron chi connectivity index (χ0n) is 9.73. The molecule has 0 heterocycles. The van der Waals surface area contributed by atoms with Gasteiger partial charge in [0.05, 0.1) is 6.61 Å². The molecule has 0 spiro atoms. The molecule has 0 aliphatic heterocycles. The Hall–Kier alpha value is -1.39. The summed E-state index contributed by atoms with van der Waals surface area (Å²) in [5, 5.41) is 12.0. The maximum atomic E-state index is 11.8. The molecule has 1 aliphatic rings. The van der Waals surface area contributed by atoms with Crippen molar-refractivity contribution in [1.29, 1.82) is 0 Å². The van der Waals surface area contributed by atoms with Gasteiger partial charge in [0.25, 0.3) is 0 Å². The lowest BCUT2D eigenvalue weighted by molar-refractivity contribution is -0.122. The van der Waals surface area contributed by atoms with Gasteiger partial charge < -0.3 is 16.2 Å². The van der Waals surface area contributed by atoms with Gasteiger partial charge in [-0.2, -0.15) is 0 Å². The number of nitrogens with one attached hydrogen (secondary N) is 1. The van der Waals surface area contributed by atoms with Crippen LogP contribution in [0.5, 0.6) is 0 Å². The van der Waals surface area contributed by atoms with Crippen molar-refractivity contribution < 1.29 is 9.90 Å². The summed E-state index contributed by atoms with van der Waals surface area (Å²) in [5.41, 5.74) is 6.58. The van der Waals surface area contributed by atoms with Gasteiger partial charge in [0.1, 0.15) is 6.04 Å². The fourth-order valence-electron chi connectivity index (χ4n) is 1.76. The molecule has 1 aliphatic carbocycles. The quantitative estimate of drug-likeness (QED) is 0.697. The molecule has 92 valence electrons. The van der Waals surface area contributed by atoms with Gasteiger partial charge in [-0.25, -0.2) is 0 Å². The lowest BCUT2D eigenvalue weighted by atomic mass is 10.1. The first-order valence-electron chi connectivity index (χ1n) is 5.86. The third kappa shape index (κ3) is 2.84. The van der Waals surface area contributed by atoms with Crippen LogP contribution in [0.15, 0.2) is 30.3 Å². The molecular weight excluding hydrogens is 216 g/mol. The van der Waals surface area contributed by atoms with Crippen LogP contribution >= 0.6 is 0 Å². The smallest absolute Gasteiger partial charge is 0.241 e. The van der Waals surface area contributed by atoms with Crippen molar-refractivity contribution in [2.75, 3.05) is 13.2 Å². The van der Waals surface area contributed by atoms with Crippen molar-refractivity contribution >= 4 is 5.91 Å². The van der Waals surface area contributed by atoms with Crippen molar-refractivity contribution in [2.45, 2.75) is 18.9 Å². The van der Waals surface area contributed by atoms with E-state index in [2.05, 4.69) is 5.32 Å². The molecule has 1 aromatic carbocycles. The van der Waals surface area contributed by atoms with Crippen molar-refractivity contribution in [2.24, 2.45) is 11.1 Å². The third-order valence-corrected chi connectivity index (χ3v) is 3.37. The highest BCUT2D eigenvalue weighted by Crippen LogP contribution is 2.44. The molecule has 2 rings (SSSR count). The number of hydrogen-bond acceptors (Lipinski definition) is 3. The fraction of sp³-hybridized carbons (Fsp3) is 0.462. The van der Waals surface area contributed by atoms with Gasteiger partial charge in [0.15, 0.2) is 0 Å². The van der Waals surface area contributed by atoms with E-state index in [9.17, 15) is 4.79 Å². The van der Waals surface area contributed by atoms with Crippen LogP contribution in [-0.4, -0.2) is 24.2 Å². The molecule has 0 aromatic heterocycles. The summed E-state index contributed by atoms with van der Waals surface area (Å²) in [5.74, 6) is -0.184. The Morgan fingerprint density at radius 1 is 1.41 bits per heavy atom. The first-order valence-corrected chi connectivity index (χ1v) is 5.86. The van der Waals surface area contributed by atoms with E-state index in [1.54, 1.807) is 0 Å². The van der Waals surface area contributed by atoms with Crippen LogP contribution in [0.1, 0.15) is 24.4 Å². The molecule has 4 heteroatoms. The Morgan fingerprint density at radius 3 is 2.59 bits per heavy atom. The van der Waals surface area contributed by atoms with Gasteiger partial charge in [-0.15, -0.1) is 0 Å². The summed E-state index contributed by atoms with van der Waals surface area (Å²) in [6.45, 7) is 0.650. The van der Waals surface area contributed by atoms with E-state index < -0.39 is 6.04 Å². The van der Waals surface area contributed by atoms with Crippen LogP contribution in [0, 0.1) is 5.41 Å². The third-order valence-electron chi connectivity index (χ3n) is 3.37. The molecule has 17 heavy (non-hydrogen) atoms. The minimum atomic E-state index is -0.634. The summed E-state index contributed by atoms with van der Waals surface area (Å²) in [7, 11) is 0. The summed E-state index contributed by atoms with van der Waals surface area (Å²) >= 11 is 0. The standard InChI is InChI=1S/C13H18N2O2/c14-11(10-4-2-1-3-5-10)12(17)15-8-13(9-16)6-7-13/h1-5,11,16H,6-9,14H2,(H,15,17). The van der Waals surface area contributed by atoms with Gasteiger partial charge in [-0.1, -0.05) is 30.3 Å². The summed E-state index contributed by atoms with van der Waals surface area (Å²) in [6.07, 6.45) is 1.95. The van der Waals surface area contributed by atoms with Crippen molar-refractivity contribution in [3.63, 3.8) is 0 Å². The number of amides is 1. The van der Waals surface area contributed by atoms with Crippen LogP contribution in [0.25, 0.3) is 0 Å². The number of hydrogen-bond donors (Lipinski definition) is 3. The van der Waals surface area contributed by atoms with Gasteiger partial charge >= 0.3 is 0 Å². The lowest BCUT2D eigenvalue weighted by Gasteiger charge is -2.16. The van der Waals surface area contributed by atoms with Crippen molar-refractivity contribution in [3.05, 3.63) is 35.9 Å². The normalized spacial score (nSPS) is 18.5. The Bertz CT molecular complexity index is 388. The summed E-state index contributed by atoms with van der Waals surface area (Å²) < 4.78 is 0. The zero-order chi connectivity index (χ0) is 12.3. The van der Waals surface area contributed by atoms with Gasteiger partial charge in [0.2, 0.25) is 5.91 Å². The first kappa shape index (κ1) is 12.1. The molecule has 1 unspecified atom stereocenters. The second kappa shape index (κ2) is 4.85. The first-order chi connectivity index (χ1) is 8.17. The minimum Gasteiger partial charge on any atom is -0.396 e. The Morgan fingerprint density at radius 2 is 2.06 bits per heavy atom. The number of benzene rings is 1. The number of aliphatic hydroxyl groups is 1. The molecule has 0 radical (unpaired) electrons. The monoisotopic (exact) mass is 234 g/mol. The van der Waals surface area contributed by atoms with Crippen LogP contribution < -0.4 is 11.1 Å². The predicted octanol–water partition coefficient (Wildman–Crippen LogP) is 0.575. The molecule has 0 saturated heterocycles. The van der Waals surface area contributed by atoms with E-state index in [1.807, 2.05) is 30.3 Å². The van der Waals surface area contributed by atoms with Crippen LogP contribution in [0.2, 0.25) is 0 Å². The van der Waals surface area contributed by atoms with Crippen LogP contribution in [-0.2, 0) is 4.79 Å². The maximum Gasteiger partial charge on any atom is 0.241 e. The zero-order valence-corrected chi connectivity index (χ0v) is 9.73. The van der Waals surface area contributed by atoms with E-state index in [0.717, 1.165) is 18.4 Å². The van der Waals surface area contributed by atoms with Crippen LogP contribution in [0.3, 0.4) is 0 Å². The highest BCUT2D eigenvalue weighted by molar-refractivity contribution is 5.82. The van der Waals surface area contributed by atoms with E-state index in [0.29, 0.717) is 6.54 Å². The van der Waals surface area contributed by atoms with Crippen LogP contribution in [0.4, 0.5) is 0 Å². The minimum absolute atomic E-state index is 0.0773. The molecule has 1 fully saturated rings. The molecule has 0 bridgehead atoms. The Kier molecular flexibility index (Phi) is 3.45. The number of aliphatic hydroxyl groups excluding tert-OH is 1. The van der Waals surface area contributed by atoms with Gasteiger partial charge in [-0.05, 0) is 18.4 Å². The largest absolute Gasteiger partial charge is 0.396 e. The summed E-state index contributed by atoms with van der Waals surface area (Å²) in [6, 6.07) is 8.65. The van der Waals surface area contributed by atoms with E-state index in [-0.39, 0.29) is 17.9 Å². The second-order valence-electron chi connectivity index (χ2n) is 4.76. The highest BCUT2D eigenvalue weighted by atomic mass is 16.3. The highest BCUT2D eigenvalue weighted by Gasteiger charge is 2.42. The number of nitrogens with two attached hydrogens (primary N) is 1. The molecule has 1 atom stereocenters. The molecule has 1 saturated carbocycles. The van der Waals surface area contributed by atoms with Crippen molar-refractivity contribution in [1.82, 2.24) is 5.32 Å². The molecular formula is C13H18N2O2. The molecule has 4 nitrogen and oxygen atoms in total. The van der Waals surface area contributed by atoms with Gasteiger partial charge in [-0.3, -0.25) is 4.79 Å². The summed E-state index contributed by atoms with van der Waals surface area (Å²) in [4.78, 5) is 11.8. The topological polar surface area (TPSA) is 75.4 Å². The predicted molar refractivity (Wildman–Crippen MR) is 65.1 cm³/mol. The number of carbonyl (C=O) groups is 1. The van der Waals surface area contributed by atoms with E-state index in [4.69, 9.17) is 10.8 Å². The van der Waals surface area contributed by atoms with E-state index >= 15 is 0 Å². The number of rotatable bonds is 5. The second-order valence-corrected chi connectivity index (χ2v) is 4.76. The van der Waals surface area contributed by atoms with Crippen molar-refractivity contribution in [3.8, 4) is 0 Å². The molecule has 4 N–H and O–H groups in total. The average Bonchev–Trinajstić information content (AvgIpc) is 3.17. The SMILES string of the molecule is NC(C(=O)NCC1(CO)CC1)c1ccccc1. The number of carbonyl (C=O) groups excluding carboxylic acids is 1. The Labute approximate surface area is 101 Å².